The standard InChI is InChI=1S/C20H21N3O2/c1-13-10-11-18(25-4)17(12-13)21-20(24)19-14(2)22-23(15(19)3)16-8-6-5-7-9-16/h5-12H,1-4H3,(H,21,24). The Bertz CT molecular complexity index is 914. The summed E-state index contributed by atoms with van der Waals surface area (Å²) in [6.07, 6.45) is 0. The van der Waals surface area contributed by atoms with Crippen molar-refractivity contribution in [2.75, 3.05) is 12.4 Å². The first-order valence-corrected chi connectivity index (χ1v) is 8.09. The van der Waals surface area contributed by atoms with E-state index >= 15 is 0 Å². The molecule has 0 aliphatic heterocycles. The van der Waals surface area contributed by atoms with Crippen LogP contribution in [-0.2, 0) is 0 Å². The van der Waals surface area contributed by atoms with E-state index in [9.17, 15) is 4.79 Å². The fourth-order valence-corrected chi connectivity index (χ4v) is 2.90. The van der Waals surface area contributed by atoms with Gasteiger partial charge in [-0.05, 0) is 50.6 Å². The van der Waals surface area contributed by atoms with Gasteiger partial charge in [-0.15, -0.1) is 0 Å². The van der Waals surface area contributed by atoms with Crippen molar-refractivity contribution in [2.45, 2.75) is 20.8 Å². The predicted molar refractivity (Wildman–Crippen MR) is 98.7 cm³/mol. The van der Waals surface area contributed by atoms with Crippen LogP contribution in [0.25, 0.3) is 5.69 Å². The largest absolute Gasteiger partial charge is 0.495 e. The number of carbonyl (C=O) groups is 1. The Balaban J connectivity index is 1.96. The SMILES string of the molecule is COc1ccc(C)cc1NC(=O)c1c(C)nn(-c2ccccc2)c1C. The molecule has 1 N–H and O–H groups in total. The van der Waals surface area contributed by atoms with Crippen LogP contribution >= 0.6 is 0 Å². The second-order valence-corrected chi connectivity index (χ2v) is 5.95. The molecule has 3 rings (SSSR count). The number of aromatic nitrogens is 2. The van der Waals surface area contributed by atoms with E-state index < -0.39 is 0 Å². The van der Waals surface area contributed by atoms with Crippen LogP contribution in [0.4, 0.5) is 5.69 Å². The first-order valence-electron chi connectivity index (χ1n) is 8.09. The van der Waals surface area contributed by atoms with Crippen LogP contribution in [0.3, 0.4) is 0 Å². The number of hydrogen-bond acceptors (Lipinski definition) is 3. The second kappa shape index (κ2) is 6.81. The average molecular weight is 335 g/mol. The average Bonchev–Trinajstić information content (AvgIpc) is 2.90. The second-order valence-electron chi connectivity index (χ2n) is 5.95. The third kappa shape index (κ3) is 3.26. The van der Waals surface area contributed by atoms with E-state index in [4.69, 9.17) is 4.74 Å². The predicted octanol–water partition coefficient (Wildman–Crippen LogP) is 4.06. The van der Waals surface area contributed by atoms with Gasteiger partial charge < -0.3 is 10.1 Å². The van der Waals surface area contributed by atoms with E-state index in [1.54, 1.807) is 11.8 Å². The van der Waals surface area contributed by atoms with Gasteiger partial charge in [0.1, 0.15) is 5.75 Å². The lowest BCUT2D eigenvalue weighted by Gasteiger charge is -2.11. The molecule has 0 radical (unpaired) electrons. The zero-order chi connectivity index (χ0) is 18.0. The van der Waals surface area contributed by atoms with Crippen LogP contribution in [0.15, 0.2) is 48.5 Å². The molecule has 0 spiro atoms. The quantitative estimate of drug-likeness (QED) is 0.782. The molecule has 0 aliphatic rings. The van der Waals surface area contributed by atoms with E-state index in [0.29, 0.717) is 22.7 Å². The Morgan fingerprint density at radius 2 is 1.80 bits per heavy atom. The summed E-state index contributed by atoms with van der Waals surface area (Å²) in [4.78, 5) is 12.9. The molecule has 25 heavy (non-hydrogen) atoms. The highest BCUT2D eigenvalue weighted by Gasteiger charge is 2.20. The third-order valence-electron chi connectivity index (χ3n) is 4.12. The summed E-state index contributed by atoms with van der Waals surface area (Å²) in [7, 11) is 1.59. The van der Waals surface area contributed by atoms with Crippen LogP contribution in [0, 0.1) is 20.8 Å². The lowest BCUT2D eigenvalue weighted by Crippen LogP contribution is -2.15. The molecular formula is C20H21N3O2. The summed E-state index contributed by atoms with van der Waals surface area (Å²) in [5, 5.41) is 7.48. The number of nitrogens with one attached hydrogen (secondary N) is 1. The van der Waals surface area contributed by atoms with E-state index in [0.717, 1.165) is 16.9 Å². The number of amides is 1. The number of nitrogens with zero attached hydrogens (tertiary/aromatic N) is 2. The number of methoxy groups -OCH3 is 1. The number of hydrogen-bond donors (Lipinski definition) is 1. The van der Waals surface area contributed by atoms with Gasteiger partial charge in [0, 0.05) is 0 Å². The molecule has 2 aromatic carbocycles. The minimum atomic E-state index is -0.193. The monoisotopic (exact) mass is 335 g/mol. The highest BCUT2D eigenvalue weighted by Crippen LogP contribution is 2.27. The van der Waals surface area contributed by atoms with Gasteiger partial charge in [0.2, 0.25) is 0 Å². The van der Waals surface area contributed by atoms with Gasteiger partial charge in [-0.3, -0.25) is 4.79 Å². The van der Waals surface area contributed by atoms with Gasteiger partial charge >= 0.3 is 0 Å². The normalized spacial score (nSPS) is 10.6. The highest BCUT2D eigenvalue weighted by atomic mass is 16.5. The zero-order valence-electron chi connectivity index (χ0n) is 14.8. The third-order valence-corrected chi connectivity index (χ3v) is 4.12. The molecule has 5 nitrogen and oxygen atoms in total. The van der Waals surface area contributed by atoms with Crippen molar-refractivity contribution in [1.29, 1.82) is 0 Å². The summed E-state index contributed by atoms with van der Waals surface area (Å²) in [6.45, 7) is 5.71. The van der Waals surface area contributed by atoms with Crippen LogP contribution in [-0.4, -0.2) is 22.8 Å². The van der Waals surface area contributed by atoms with Crippen molar-refractivity contribution in [2.24, 2.45) is 0 Å². The Kier molecular flexibility index (Phi) is 4.57. The lowest BCUT2D eigenvalue weighted by molar-refractivity contribution is 0.102. The number of anilines is 1. The fraction of sp³-hybridized carbons (Fsp3) is 0.200. The molecule has 1 heterocycles. The summed E-state index contributed by atoms with van der Waals surface area (Å²) in [5.74, 6) is 0.436. The number of carbonyl (C=O) groups excluding carboxylic acids is 1. The molecule has 0 fully saturated rings. The molecule has 5 heteroatoms. The maximum atomic E-state index is 12.9. The highest BCUT2D eigenvalue weighted by molar-refractivity contribution is 6.06. The summed E-state index contributed by atoms with van der Waals surface area (Å²) in [5.41, 5.74) is 4.68. The molecule has 128 valence electrons. The molecule has 0 bridgehead atoms. The topological polar surface area (TPSA) is 56.1 Å². The fourth-order valence-electron chi connectivity index (χ4n) is 2.90. The smallest absolute Gasteiger partial charge is 0.259 e. The molecule has 0 saturated carbocycles. The van der Waals surface area contributed by atoms with E-state index in [-0.39, 0.29) is 5.91 Å². The van der Waals surface area contributed by atoms with E-state index in [1.807, 2.05) is 69.3 Å². The van der Waals surface area contributed by atoms with Crippen molar-refractivity contribution >= 4 is 11.6 Å². The van der Waals surface area contributed by atoms with Gasteiger partial charge in [-0.1, -0.05) is 24.3 Å². The first-order chi connectivity index (χ1) is 12.0. The summed E-state index contributed by atoms with van der Waals surface area (Å²) < 4.78 is 7.13. The Morgan fingerprint density at radius 3 is 2.48 bits per heavy atom. The maximum Gasteiger partial charge on any atom is 0.259 e. The molecule has 0 unspecified atom stereocenters. The Morgan fingerprint density at radius 1 is 1.08 bits per heavy atom. The van der Waals surface area contributed by atoms with Gasteiger partial charge in [-0.25, -0.2) is 4.68 Å². The van der Waals surface area contributed by atoms with Gasteiger partial charge in [0.15, 0.2) is 0 Å². The van der Waals surface area contributed by atoms with Gasteiger partial charge in [0.05, 0.1) is 35.4 Å². The number of ether oxygens (including phenoxy) is 1. The Labute approximate surface area is 147 Å². The van der Waals surface area contributed by atoms with Crippen LogP contribution < -0.4 is 10.1 Å². The van der Waals surface area contributed by atoms with E-state index in [2.05, 4.69) is 10.4 Å². The van der Waals surface area contributed by atoms with Crippen LogP contribution in [0.1, 0.15) is 27.3 Å². The number of rotatable bonds is 4. The molecule has 1 amide bonds. The minimum absolute atomic E-state index is 0.193. The van der Waals surface area contributed by atoms with Crippen LogP contribution in [0.2, 0.25) is 0 Å². The van der Waals surface area contributed by atoms with Crippen LogP contribution in [0.5, 0.6) is 5.75 Å². The van der Waals surface area contributed by atoms with Crippen molar-refractivity contribution in [3.63, 3.8) is 0 Å². The Hall–Kier alpha value is -3.08. The molecule has 3 aromatic rings. The molecule has 0 atom stereocenters. The van der Waals surface area contributed by atoms with E-state index in [1.165, 1.54) is 0 Å². The number of aryl methyl sites for hydroxylation is 2. The molecule has 0 saturated heterocycles. The van der Waals surface area contributed by atoms with Crippen molar-refractivity contribution in [1.82, 2.24) is 9.78 Å². The number of benzene rings is 2. The summed E-state index contributed by atoms with van der Waals surface area (Å²) >= 11 is 0. The summed E-state index contributed by atoms with van der Waals surface area (Å²) in [6, 6.07) is 15.5. The van der Waals surface area contributed by atoms with Gasteiger partial charge in [-0.2, -0.15) is 5.10 Å². The molecular weight excluding hydrogens is 314 g/mol. The minimum Gasteiger partial charge on any atom is -0.495 e. The van der Waals surface area contributed by atoms with Crippen molar-refractivity contribution < 1.29 is 9.53 Å². The lowest BCUT2D eigenvalue weighted by atomic mass is 10.1. The first kappa shape index (κ1) is 16.8. The van der Waals surface area contributed by atoms with Crippen molar-refractivity contribution in [3.05, 3.63) is 71.0 Å². The molecule has 1 aromatic heterocycles. The molecule has 0 aliphatic carbocycles. The van der Waals surface area contributed by atoms with Crippen molar-refractivity contribution in [3.8, 4) is 11.4 Å². The zero-order valence-corrected chi connectivity index (χ0v) is 14.8. The number of para-hydroxylation sites is 1. The maximum absolute atomic E-state index is 12.9. The van der Waals surface area contributed by atoms with Gasteiger partial charge in [0.25, 0.3) is 5.91 Å².